The number of nitriles is 1. The van der Waals surface area contributed by atoms with Crippen LogP contribution in [0.25, 0.3) is 22.2 Å². The molecular formula is C26H31N9O. The van der Waals surface area contributed by atoms with E-state index in [0.29, 0.717) is 29.4 Å². The van der Waals surface area contributed by atoms with Gasteiger partial charge in [-0.1, -0.05) is 6.07 Å². The molecule has 10 nitrogen and oxygen atoms in total. The molecule has 3 aromatic heterocycles. The van der Waals surface area contributed by atoms with Crippen molar-refractivity contribution >= 4 is 28.0 Å². The maximum atomic E-state index is 12.8. The molecule has 3 atom stereocenters. The van der Waals surface area contributed by atoms with Crippen molar-refractivity contribution in [3.63, 3.8) is 0 Å². The molecule has 0 bridgehead atoms. The fourth-order valence-corrected chi connectivity index (χ4v) is 5.37. The van der Waals surface area contributed by atoms with Gasteiger partial charge in [0.25, 0.3) is 0 Å². The van der Waals surface area contributed by atoms with E-state index < -0.39 is 0 Å². The summed E-state index contributed by atoms with van der Waals surface area (Å²) >= 11 is 0. The highest BCUT2D eigenvalue weighted by Gasteiger charge is 2.35. The van der Waals surface area contributed by atoms with Crippen molar-refractivity contribution in [2.45, 2.75) is 52.2 Å². The molecule has 4 aromatic rings. The van der Waals surface area contributed by atoms with E-state index in [9.17, 15) is 10.1 Å². The van der Waals surface area contributed by atoms with Crippen LogP contribution in [0, 0.1) is 18.3 Å². The third kappa shape index (κ3) is 3.89. The van der Waals surface area contributed by atoms with Gasteiger partial charge in [0.15, 0.2) is 5.82 Å². The molecule has 0 aliphatic carbocycles. The summed E-state index contributed by atoms with van der Waals surface area (Å²) < 4.78 is 3.32. The van der Waals surface area contributed by atoms with Gasteiger partial charge >= 0.3 is 5.69 Å². The van der Waals surface area contributed by atoms with E-state index in [-0.39, 0.29) is 30.2 Å². The minimum absolute atomic E-state index is 0.107. The molecule has 0 amide bonds. The monoisotopic (exact) mass is 485 g/mol. The van der Waals surface area contributed by atoms with Gasteiger partial charge in [0, 0.05) is 51.5 Å². The molecule has 1 saturated heterocycles. The molecular weight excluding hydrogens is 454 g/mol. The lowest BCUT2D eigenvalue weighted by atomic mass is 10.00. The van der Waals surface area contributed by atoms with Crippen molar-refractivity contribution in [1.82, 2.24) is 34.0 Å². The van der Waals surface area contributed by atoms with Crippen molar-refractivity contribution < 1.29 is 0 Å². The average Bonchev–Trinajstić information content (AvgIpc) is 3.18. The first kappa shape index (κ1) is 23.9. The van der Waals surface area contributed by atoms with E-state index in [1.54, 1.807) is 13.2 Å². The van der Waals surface area contributed by atoms with E-state index >= 15 is 0 Å². The summed E-state index contributed by atoms with van der Waals surface area (Å²) in [7, 11) is 3.53. The Morgan fingerprint density at radius 3 is 2.61 bits per heavy atom. The van der Waals surface area contributed by atoms with Gasteiger partial charge in [-0.3, -0.25) is 14.5 Å². The molecule has 0 saturated carbocycles. The lowest BCUT2D eigenvalue weighted by Gasteiger charge is -2.47. The molecule has 10 heteroatoms. The Morgan fingerprint density at radius 2 is 1.86 bits per heavy atom. The zero-order valence-corrected chi connectivity index (χ0v) is 21.6. The number of anilines is 1. The van der Waals surface area contributed by atoms with Crippen LogP contribution in [0.5, 0.6) is 0 Å². The second-order valence-corrected chi connectivity index (χ2v) is 9.85. The average molecular weight is 486 g/mol. The Hall–Kier alpha value is -3.84. The van der Waals surface area contributed by atoms with Gasteiger partial charge in [0.1, 0.15) is 17.0 Å². The van der Waals surface area contributed by atoms with E-state index in [2.05, 4.69) is 63.7 Å². The minimum atomic E-state index is -0.327. The maximum Gasteiger partial charge on any atom is 0.350 e. The fraction of sp³-hybridized carbons (Fsp3) is 0.462. The number of piperazine rings is 1. The number of hydrogen-bond acceptors (Lipinski definition) is 8. The van der Waals surface area contributed by atoms with Crippen molar-refractivity contribution in [2.75, 3.05) is 18.0 Å². The van der Waals surface area contributed by atoms with Gasteiger partial charge in [0.2, 0.25) is 0 Å². The maximum absolute atomic E-state index is 12.8. The van der Waals surface area contributed by atoms with Gasteiger partial charge < -0.3 is 9.47 Å². The van der Waals surface area contributed by atoms with Gasteiger partial charge in [-0.25, -0.2) is 14.8 Å². The van der Waals surface area contributed by atoms with Crippen LogP contribution >= 0.6 is 0 Å². The summed E-state index contributed by atoms with van der Waals surface area (Å²) in [5, 5.41) is 9.22. The van der Waals surface area contributed by atoms with Crippen LogP contribution in [0.15, 0.2) is 29.2 Å². The quantitative estimate of drug-likeness (QED) is 0.434. The normalized spacial score (nSPS) is 19.6. The Morgan fingerprint density at radius 1 is 1.08 bits per heavy atom. The van der Waals surface area contributed by atoms with Crippen LogP contribution in [-0.4, -0.2) is 59.1 Å². The molecule has 1 aromatic carbocycles. The van der Waals surface area contributed by atoms with Gasteiger partial charge in [-0.15, -0.1) is 0 Å². The molecule has 4 heterocycles. The topological polar surface area (TPSA) is 109 Å². The highest BCUT2D eigenvalue weighted by molar-refractivity contribution is 5.84. The Kier molecular flexibility index (Phi) is 5.96. The zero-order valence-electron chi connectivity index (χ0n) is 21.6. The highest BCUT2D eigenvalue weighted by atomic mass is 16.1. The first-order valence-corrected chi connectivity index (χ1v) is 12.2. The first-order valence-electron chi connectivity index (χ1n) is 12.2. The molecule has 5 rings (SSSR count). The van der Waals surface area contributed by atoms with Crippen LogP contribution in [0.4, 0.5) is 5.82 Å². The number of aryl methyl sites for hydroxylation is 3. The molecule has 0 spiro atoms. The summed E-state index contributed by atoms with van der Waals surface area (Å²) in [6, 6.07) is 8.98. The summed E-state index contributed by atoms with van der Waals surface area (Å²) in [5.41, 5.74) is 4.93. The Balaban J connectivity index is 1.47. The van der Waals surface area contributed by atoms with E-state index in [0.717, 1.165) is 23.3 Å². The first-order chi connectivity index (χ1) is 17.2. The standard InChI is InChI=1S/C26H31N9O/c1-15-12-28-20-8-7-19(11-21(20)29-15)18(4)34-13-17(3)35(14-16(34)2)24-23-25(33(6)26(36)31-24)32(5)22(30-23)9-10-27/h7-8,11-12,16-18H,9,13-14H2,1-6H3/t16-,17+,18?/m1/s1. The summed E-state index contributed by atoms with van der Waals surface area (Å²) in [6.07, 6.45) is 1.97. The summed E-state index contributed by atoms with van der Waals surface area (Å²) in [5.74, 6) is 1.22. The zero-order chi connectivity index (χ0) is 25.7. The van der Waals surface area contributed by atoms with Crippen molar-refractivity contribution in [3.8, 4) is 6.07 Å². The van der Waals surface area contributed by atoms with Gasteiger partial charge in [-0.2, -0.15) is 10.2 Å². The van der Waals surface area contributed by atoms with Crippen LogP contribution in [0.3, 0.4) is 0 Å². The van der Waals surface area contributed by atoms with Gasteiger partial charge in [0.05, 0.1) is 29.2 Å². The molecule has 0 radical (unpaired) electrons. The predicted molar refractivity (Wildman–Crippen MR) is 139 cm³/mol. The van der Waals surface area contributed by atoms with E-state index in [4.69, 9.17) is 4.98 Å². The van der Waals surface area contributed by atoms with Crippen LogP contribution in [0.1, 0.15) is 43.9 Å². The molecule has 0 N–H and O–H groups in total. The molecule has 1 aliphatic heterocycles. The predicted octanol–water partition coefficient (Wildman–Crippen LogP) is 2.64. The highest BCUT2D eigenvalue weighted by Crippen LogP contribution is 2.32. The third-order valence-corrected chi connectivity index (χ3v) is 7.39. The molecule has 1 fully saturated rings. The number of aromatic nitrogens is 6. The second kappa shape index (κ2) is 8.99. The largest absolute Gasteiger partial charge is 0.350 e. The van der Waals surface area contributed by atoms with Crippen LogP contribution in [0.2, 0.25) is 0 Å². The SMILES string of the molecule is Cc1cnc2ccc(C(C)N3C[C@H](C)N(c4nc(=O)n(C)c5c4nc(CC#N)n5C)C[C@H]3C)cc2n1. The lowest BCUT2D eigenvalue weighted by molar-refractivity contribution is 0.119. The van der Waals surface area contributed by atoms with Crippen LogP contribution < -0.4 is 10.6 Å². The summed E-state index contributed by atoms with van der Waals surface area (Å²) in [6.45, 7) is 10.1. The fourth-order valence-electron chi connectivity index (χ4n) is 5.37. The number of imidazole rings is 1. The summed E-state index contributed by atoms with van der Waals surface area (Å²) in [4.78, 5) is 35.8. The van der Waals surface area contributed by atoms with E-state index in [1.165, 1.54) is 10.1 Å². The number of benzene rings is 1. The van der Waals surface area contributed by atoms with E-state index in [1.807, 2.05) is 24.6 Å². The minimum Gasteiger partial charge on any atom is -0.349 e. The second-order valence-electron chi connectivity index (χ2n) is 9.85. The molecule has 1 aliphatic rings. The number of nitrogens with zero attached hydrogens (tertiary/aromatic N) is 9. The number of rotatable bonds is 4. The number of fused-ring (bicyclic) bond motifs is 2. The van der Waals surface area contributed by atoms with Crippen LogP contribution in [-0.2, 0) is 20.5 Å². The van der Waals surface area contributed by atoms with Crippen molar-refractivity contribution in [2.24, 2.45) is 14.1 Å². The molecule has 186 valence electrons. The molecule has 36 heavy (non-hydrogen) atoms. The Bertz CT molecular complexity index is 1560. The number of hydrogen-bond donors (Lipinski definition) is 0. The van der Waals surface area contributed by atoms with Crippen molar-refractivity contribution in [3.05, 3.63) is 52.0 Å². The lowest BCUT2D eigenvalue weighted by Crippen LogP contribution is -2.57. The molecule has 1 unspecified atom stereocenters. The van der Waals surface area contributed by atoms with Crippen molar-refractivity contribution in [1.29, 1.82) is 5.26 Å². The van der Waals surface area contributed by atoms with Gasteiger partial charge in [-0.05, 0) is 45.4 Å². The third-order valence-electron chi connectivity index (χ3n) is 7.39. The Labute approximate surface area is 209 Å². The smallest absolute Gasteiger partial charge is 0.349 e.